The van der Waals surface area contributed by atoms with E-state index >= 15 is 0 Å². The standard InChI is InChI=1S/C19H34N2O3/c1-13(2)11-17(12-22)21-19(24)15-7-9-16(10-8-15)20-18(23)14-5-3-4-6-14/h13-17,22H,3-12H2,1-2H3,(H,20,23)(H,21,24). The summed E-state index contributed by atoms with van der Waals surface area (Å²) in [5, 5.41) is 15.6. The van der Waals surface area contributed by atoms with Crippen LogP contribution in [0.4, 0.5) is 0 Å². The molecule has 2 aliphatic carbocycles. The summed E-state index contributed by atoms with van der Waals surface area (Å²) in [6.45, 7) is 4.18. The highest BCUT2D eigenvalue weighted by Gasteiger charge is 2.30. The van der Waals surface area contributed by atoms with Gasteiger partial charge in [0.15, 0.2) is 0 Å². The van der Waals surface area contributed by atoms with E-state index < -0.39 is 0 Å². The molecule has 2 saturated carbocycles. The highest BCUT2D eigenvalue weighted by molar-refractivity contribution is 5.80. The molecule has 3 N–H and O–H groups in total. The molecule has 0 radical (unpaired) electrons. The van der Waals surface area contributed by atoms with Gasteiger partial charge in [-0.15, -0.1) is 0 Å². The number of rotatable bonds is 7. The first-order chi connectivity index (χ1) is 11.5. The van der Waals surface area contributed by atoms with E-state index in [2.05, 4.69) is 24.5 Å². The number of nitrogens with one attached hydrogen (secondary N) is 2. The maximum atomic E-state index is 12.4. The van der Waals surface area contributed by atoms with Gasteiger partial charge in [-0.3, -0.25) is 9.59 Å². The summed E-state index contributed by atoms with van der Waals surface area (Å²) < 4.78 is 0. The molecule has 1 atom stereocenters. The van der Waals surface area contributed by atoms with Gasteiger partial charge in [0.2, 0.25) is 11.8 Å². The van der Waals surface area contributed by atoms with Crippen LogP contribution in [-0.2, 0) is 9.59 Å². The zero-order valence-electron chi connectivity index (χ0n) is 15.2. The van der Waals surface area contributed by atoms with Gasteiger partial charge in [-0.1, -0.05) is 26.7 Å². The molecule has 2 fully saturated rings. The molecular formula is C19H34N2O3. The number of carbonyl (C=O) groups excluding carboxylic acids is 2. The lowest BCUT2D eigenvalue weighted by atomic mass is 9.85. The predicted octanol–water partition coefficient (Wildman–Crippen LogP) is 2.37. The molecule has 5 heteroatoms. The van der Waals surface area contributed by atoms with Crippen LogP contribution in [0.1, 0.15) is 71.6 Å². The first kappa shape index (κ1) is 19.2. The van der Waals surface area contributed by atoms with Crippen molar-refractivity contribution in [1.29, 1.82) is 0 Å². The Morgan fingerprint density at radius 3 is 2.08 bits per heavy atom. The van der Waals surface area contributed by atoms with Crippen molar-refractivity contribution in [3.8, 4) is 0 Å². The molecule has 0 aromatic heterocycles. The molecule has 0 saturated heterocycles. The van der Waals surface area contributed by atoms with E-state index in [1.807, 2.05) is 0 Å². The van der Waals surface area contributed by atoms with Crippen molar-refractivity contribution in [3.63, 3.8) is 0 Å². The zero-order chi connectivity index (χ0) is 17.5. The fraction of sp³-hybridized carbons (Fsp3) is 0.895. The smallest absolute Gasteiger partial charge is 0.223 e. The van der Waals surface area contributed by atoms with Crippen LogP contribution in [0.25, 0.3) is 0 Å². The average Bonchev–Trinajstić information content (AvgIpc) is 3.09. The molecule has 2 rings (SSSR count). The Hall–Kier alpha value is -1.10. The van der Waals surface area contributed by atoms with Gasteiger partial charge in [0.05, 0.1) is 12.6 Å². The third kappa shape index (κ3) is 5.76. The molecule has 24 heavy (non-hydrogen) atoms. The Morgan fingerprint density at radius 2 is 1.54 bits per heavy atom. The third-order valence-electron chi connectivity index (χ3n) is 5.49. The van der Waals surface area contributed by atoms with E-state index in [9.17, 15) is 14.7 Å². The van der Waals surface area contributed by atoms with Crippen LogP contribution in [0.3, 0.4) is 0 Å². The van der Waals surface area contributed by atoms with Crippen LogP contribution >= 0.6 is 0 Å². The van der Waals surface area contributed by atoms with Crippen molar-refractivity contribution in [1.82, 2.24) is 10.6 Å². The van der Waals surface area contributed by atoms with Gasteiger partial charge in [0, 0.05) is 17.9 Å². The molecule has 1 unspecified atom stereocenters. The van der Waals surface area contributed by atoms with E-state index in [0.29, 0.717) is 5.92 Å². The molecule has 138 valence electrons. The minimum atomic E-state index is -0.141. The number of hydrogen-bond acceptors (Lipinski definition) is 3. The van der Waals surface area contributed by atoms with E-state index in [1.165, 1.54) is 12.8 Å². The molecule has 0 aromatic rings. The Balaban J connectivity index is 1.71. The topological polar surface area (TPSA) is 78.4 Å². The molecule has 2 amide bonds. The Morgan fingerprint density at radius 1 is 0.958 bits per heavy atom. The van der Waals surface area contributed by atoms with Crippen molar-refractivity contribution in [2.24, 2.45) is 17.8 Å². The number of hydrogen-bond donors (Lipinski definition) is 3. The lowest BCUT2D eigenvalue weighted by Gasteiger charge is -2.30. The minimum Gasteiger partial charge on any atom is -0.394 e. The number of amides is 2. The van der Waals surface area contributed by atoms with Gasteiger partial charge in [0.25, 0.3) is 0 Å². The average molecular weight is 338 g/mol. The summed E-state index contributed by atoms with van der Waals surface area (Å²) in [6, 6.07) is 0.0868. The van der Waals surface area contributed by atoms with E-state index in [1.54, 1.807) is 0 Å². The second-order valence-electron chi connectivity index (χ2n) is 8.06. The van der Waals surface area contributed by atoms with E-state index in [4.69, 9.17) is 0 Å². The molecule has 2 aliphatic rings. The van der Waals surface area contributed by atoms with Gasteiger partial charge < -0.3 is 15.7 Å². The predicted molar refractivity (Wildman–Crippen MR) is 94.3 cm³/mol. The van der Waals surface area contributed by atoms with Gasteiger partial charge in [-0.2, -0.15) is 0 Å². The number of carbonyl (C=O) groups is 2. The van der Waals surface area contributed by atoms with Gasteiger partial charge >= 0.3 is 0 Å². The molecule has 0 aromatic carbocycles. The van der Waals surface area contributed by atoms with Crippen molar-refractivity contribution in [2.45, 2.75) is 83.7 Å². The monoisotopic (exact) mass is 338 g/mol. The third-order valence-corrected chi connectivity index (χ3v) is 5.49. The highest BCUT2D eigenvalue weighted by atomic mass is 16.3. The summed E-state index contributed by atoms with van der Waals surface area (Å²) in [4.78, 5) is 24.6. The van der Waals surface area contributed by atoms with Crippen molar-refractivity contribution < 1.29 is 14.7 Å². The van der Waals surface area contributed by atoms with Crippen LogP contribution in [0, 0.1) is 17.8 Å². The Kier molecular flexibility index (Phi) is 7.53. The second-order valence-corrected chi connectivity index (χ2v) is 8.06. The normalized spacial score (nSPS) is 26.3. The second kappa shape index (κ2) is 9.40. The first-order valence-corrected chi connectivity index (χ1v) is 9.71. The molecule has 0 aliphatic heterocycles. The van der Waals surface area contributed by atoms with E-state index in [-0.39, 0.29) is 42.3 Å². The maximum absolute atomic E-state index is 12.4. The van der Waals surface area contributed by atoms with Gasteiger partial charge in [0.1, 0.15) is 0 Å². The Bertz CT molecular complexity index is 411. The van der Waals surface area contributed by atoms with Crippen LogP contribution < -0.4 is 10.6 Å². The first-order valence-electron chi connectivity index (χ1n) is 9.71. The number of aliphatic hydroxyl groups is 1. The summed E-state index contributed by atoms with van der Waals surface area (Å²) in [5.74, 6) is 0.968. The summed E-state index contributed by atoms with van der Waals surface area (Å²) in [6.07, 6.45) is 8.61. The molecular weight excluding hydrogens is 304 g/mol. The maximum Gasteiger partial charge on any atom is 0.223 e. The zero-order valence-corrected chi connectivity index (χ0v) is 15.2. The van der Waals surface area contributed by atoms with Crippen molar-refractivity contribution in [3.05, 3.63) is 0 Å². The Labute approximate surface area is 146 Å². The SMILES string of the molecule is CC(C)CC(CO)NC(=O)C1CCC(NC(=O)C2CCCC2)CC1. The molecule has 0 heterocycles. The summed E-state index contributed by atoms with van der Waals surface area (Å²) in [7, 11) is 0. The van der Waals surface area contributed by atoms with Gasteiger partial charge in [-0.05, 0) is 50.9 Å². The molecule has 5 nitrogen and oxygen atoms in total. The van der Waals surface area contributed by atoms with E-state index in [0.717, 1.165) is 44.9 Å². The quantitative estimate of drug-likeness (QED) is 0.667. The van der Waals surface area contributed by atoms with Crippen molar-refractivity contribution >= 4 is 11.8 Å². The molecule has 0 spiro atoms. The fourth-order valence-corrected chi connectivity index (χ4v) is 4.07. The highest BCUT2D eigenvalue weighted by Crippen LogP contribution is 2.28. The lowest BCUT2D eigenvalue weighted by Crippen LogP contribution is -2.45. The van der Waals surface area contributed by atoms with Crippen LogP contribution in [0.15, 0.2) is 0 Å². The fourth-order valence-electron chi connectivity index (χ4n) is 4.07. The van der Waals surface area contributed by atoms with Crippen LogP contribution in [0.2, 0.25) is 0 Å². The van der Waals surface area contributed by atoms with Crippen molar-refractivity contribution in [2.75, 3.05) is 6.61 Å². The summed E-state index contributed by atoms with van der Waals surface area (Å²) in [5.41, 5.74) is 0. The number of aliphatic hydroxyl groups excluding tert-OH is 1. The minimum absolute atomic E-state index is 0.00326. The van der Waals surface area contributed by atoms with Crippen LogP contribution in [-0.4, -0.2) is 35.6 Å². The largest absolute Gasteiger partial charge is 0.394 e. The summed E-state index contributed by atoms with van der Waals surface area (Å²) >= 11 is 0. The van der Waals surface area contributed by atoms with Crippen LogP contribution in [0.5, 0.6) is 0 Å². The lowest BCUT2D eigenvalue weighted by molar-refractivity contribution is -0.127. The molecule has 0 bridgehead atoms. The van der Waals surface area contributed by atoms with Gasteiger partial charge in [-0.25, -0.2) is 0 Å².